The number of carbonyl (C=O) groups is 1. The smallest absolute Gasteiger partial charge is 0.309 e. The first-order valence-electron chi connectivity index (χ1n) is 11.6. The molecule has 176 valence electrons. The van der Waals surface area contributed by atoms with Crippen LogP contribution in [0.5, 0.6) is 5.75 Å². The number of hydrogen-bond donors (Lipinski definition) is 0. The van der Waals surface area contributed by atoms with Gasteiger partial charge < -0.3 is 9.47 Å². The van der Waals surface area contributed by atoms with E-state index in [4.69, 9.17) is 21.1 Å². The molecular formula is C24H30ClFO5S. The van der Waals surface area contributed by atoms with Crippen LogP contribution in [0, 0.1) is 34.9 Å². The minimum atomic E-state index is -4.08. The van der Waals surface area contributed by atoms with E-state index in [-0.39, 0.29) is 16.2 Å². The van der Waals surface area contributed by atoms with E-state index in [2.05, 4.69) is 0 Å². The third kappa shape index (κ3) is 3.83. The molecule has 5 saturated carbocycles. The summed E-state index contributed by atoms with van der Waals surface area (Å²) in [6, 6.07) is 2.24. The van der Waals surface area contributed by atoms with Gasteiger partial charge in [0.25, 0.3) is 0 Å². The molecule has 6 rings (SSSR count). The van der Waals surface area contributed by atoms with Gasteiger partial charge in [0, 0.05) is 11.5 Å². The molecule has 0 aromatic heterocycles. The van der Waals surface area contributed by atoms with Crippen LogP contribution < -0.4 is 4.74 Å². The minimum Gasteiger partial charge on any atom is -0.491 e. The average Bonchev–Trinajstić information content (AvgIpc) is 3.23. The Morgan fingerprint density at radius 1 is 1.12 bits per heavy atom. The average molecular weight is 485 g/mol. The lowest BCUT2D eigenvalue weighted by atomic mass is 9.50. The molecule has 0 N–H and O–H groups in total. The number of esters is 1. The molecular weight excluding hydrogens is 455 g/mol. The zero-order chi connectivity index (χ0) is 22.7. The number of carbonyl (C=O) groups excluding carboxylic acids is 1. The van der Waals surface area contributed by atoms with E-state index in [9.17, 15) is 13.2 Å². The molecule has 1 aromatic carbocycles. The molecule has 0 heterocycles. The van der Waals surface area contributed by atoms with E-state index in [0.717, 1.165) is 49.1 Å². The Kier molecular flexibility index (Phi) is 5.72. The van der Waals surface area contributed by atoms with Crippen LogP contribution in [0.3, 0.4) is 0 Å². The molecule has 0 aliphatic heterocycles. The van der Waals surface area contributed by atoms with Gasteiger partial charge in [-0.3, -0.25) is 4.79 Å². The van der Waals surface area contributed by atoms with Crippen LogP contribution in [0.25, 0.3) is 0 Å². The summed E-state index contributed by atoms with van der Waals surface area (Å²) in [5, 5.41) is -0.915. The Labute approximate surface area is 193 Å². The fourth-order valence-corrected chi connectivity index (χ4v) is 9.80. The predicted octanol–water partition coefficient (Wildman–Crippen LogP) is 5.19. The number of sulfone groups is 1. The van der Waals surface area contributed by atoms with Crippen LogP contribution in [-0.2, 0) is 19.4 Å². The van der Waals surface area contributed by atoms with Gasteiger partial charge in [0.15, 0.2) is 9.84 Å². The van der Waals surface area contributed by atoms with Crippen molar-refractivity contribution >= 4 is 27.4 Å². The molecule has 5 aliphatic carbocycles. The van der Waals surface area contributed by atoms with Crippen LogP contribution in [0.1, 0.15) is 57.8 Å². The SMILES string of the molecule is COC(=O)C1CCCC1S(=O)(=O)c1cc(Cl)c(OCC23CC4CC(CC(C4)C2)C3)cc1F. The molecule has 1 aromatic rings. The molecule has 2 atom stereocenters. The molecule has 32 heavy (non-hydrogen) atoms. The Hall–Kier alpha value is -1.34. The van der Waals surface area contributed by atoms with Gasteiger partial charge in [-0.05, 0) is 75.2 Å². The highest BCUT2D eigenvalue weighted by molar-refractivity contribution is 7.92. The second-order valence-corrected chi connectivity index (χ2v) is 13.1. The van der Waals surface area contributed by atoms with Crippen molar-refractivity contribution in [3.8, 4) is 5.75 Å². The van der Waals surface area contributed by atoms with Crippen molar-refractivity contribution in [2.45, 2.75) is 67.9 Å². The van der Waals surface area contributed by atoms with Crippen molar-refractivity contribution < 1.29 is 27.1 Å². The van der Waals surface area contributed by atoms with Gasteiger partial charge in [-0.25, -0.2) is 12.8 Å². The number of benzene rings is 1. The fraction of sp³-hybridized carbons (Fsp3) is 0.708. The maximum atomic E-state index is 15.0. The Bertz CT molecular complexity index is 988. The number of rotatable bonds is 6. The van der Waals surface area contributed by atoms with Crippen LogP contribution in [-0.4, -0.2) is 33.4 Å². The van der Waals surface area contributed by atoms with Crippen molar-refractivity contribution in [3.05, 3.63) is 23.0 Å². The van der Waals surface area contributed by atoms with Crippen LogP contribution in [0.4, 0.5) is 4.39 Å². The summed E-state index contributed by atoms with van der Waals surface area (Å²) in [7, 11) is -2.85. The monoisotopic (exact) mass is 484 g/mol. The molecule has 2 unspecified atom stereocenters. The van der Waals surface area contributed by atoms with Gasteiger partial charge in [0.05, 0.1) is 29.9 Å². The highest BCUT2D eigenvalue weighted by Gasteiger charge is 2.51. The second kappa shape index (κ2) is 8.15. The summed E-state index contributed by atoms with van der Waals surface area (Å²) in [5.74, 6) is 0.282. The lowest BCUT2D eigenvalue weighted by Crippen LogP contribution is -2.48. The number of halogens is 2. The maximum Gasteiger partial charge on any atom is 0.309 e. The van der Waals surface area contributed by atoms with E-state index in [1.165, 1.54) is 26.4 Å². The number of methoxy groups -OCH3 is 1. The maximum absolute atomic E-state index is 15.0. The van der Waals surface area contributed by atoms with Crippen molar-refractivity contribution in [2.75, 3.05) is 13.7 Å². The molecule has 5 nitrogen and oxygen atoms in total. The van der Waals surface area contributed by atoms with Crippen molar-refractivity contribution in [3.63, 3.8) is 0 Å². The van der Waals surface area contributed by atoms with Gasteiger partial charge in [0.2, 0.25) is 0 Å². The highest BCUT2D eigenvalue weighted by atomic mass is 35.5. The summed E-state index contributed by atoms with van der Waals surface area (Å²) in [4.78, 5) is 11.6. The standard InChI is InChI=1S/C24H30ClFO5S/c1-30-23(27)17-3-2-4-21(17)32(28,29)22-8-18(25)20(9-19(22)26)31-13-24-10-14-5-15(11-24)7-16(6-14)12-24/h8-9,14-17,21H,2-7,10-13H2,1H3. The molecule has 0 amide bonds. The first kappa shape index (κ1) is 22.5. The minimum absolute atomic E-state index is 0.0855. The Morgan fingerprint density at radius 3 is 2.34 bits per heavy atom. The normalized spacial score (nSPS) is 35.8. The van der Waals surface area contributed by atoms with Crippen LogP contribution >= 0.6 is 11.6 Å². The number of hydrogen-bond acceptors (Lipinski definition) is 5. The van der Waals surface area contributed by atoms with E-state index >= 15 is 4.39 Å². The second-order valence-electron chi connectivity index (χ2n) is 10.6. The first-order valence-corrected chi connectivity index (χ1v) is 13.6. The van der Waals surface area contributed by atoms with Crippen molar-refractivity contribution in [2.24, 2.45) is 29.1 Å². The van der Waals surface area contributed by atoms with Crippen molar-refractivity contribution in [1.82, 2.24) is 0 Å². The van der Waals surface area contributed by atoms with Crippen LogP contribution in [0.15, 0.2) is 17.0 Å². The molecule has 8 heteroatoms. The summed E-state index contributed by atoms with van der Waals surface area (Å²) in [5.41, 5.74) is 0.136. The lowest BCUT2D eigenvalue weighted by Gasteiger charge is -2.56. The zero-order valence-electron chi connectivity index (χ0n) is 18.3. The van der Waals surface area contributed by atoms with Gasteiger partial charge in [-0.2, -0.15) is 0 Å². The largest absolute Gasteiger partial charge is 0.491 e. The van der Waals surface area contributed by atoms with E-state index in [1.807, 2.05) is 0 Å². The summed E-state index contributed by atoms with van der Waals surface area (Å²) in [6.07, 6.45) is 8.73. The molecule has 0 radical (unpaired) electrons. The lowest BCUT2D eigenvalue weighted by molar-refractivity contribution is -0.145. The molecule has 0 spiro atoms. The summed E-state index contributed by atoms with van der Waals surface area (Å²) >= 11 is 6.38. The van der Waals surface area contributed by atoms with Gasteiger partial charge in [-0.1, -0.05) is 18.0 Å². The quantitative estimate of drug-likeness (QED) is 0.520. The van der Waals surface area contributed by atoms with E-state index in [0.29, 0.717) is 25.9 Å². The van der Waals surface area contributed by atoms with Crippen molar-refractivity contribution in [1.29, 1.82) is 0 Å². The van der Waals surface area contributed by atoms with Gasteiger partial charge in [-0.15, -0.1) is 0 Å². The molecule has 0 saturated heterocycles. The molecule has 4 bridgehead atoms. The van der Waals surface area contributed by atoms with E-state index < -0.39 is 37.7 Å². The van der Waals surface area contributed by atoms with Gasteiger partial charge >= 0.3 is 5.97 Å². The Balaban J connectivity index is 1.35. The predicted molar refractivity (Wildman–Crippen MR) is 118 cm³/mol. The summed E-state index contributed by atoms with van der Waals surface area (Å²) < 4.78 is 52.2. The fourth-order valence-electron chi connectivity index (χ4n) is 7.42. The Morgan fingerprint density at radius 2 is 1.75 bits per heavy atom. The molecule has 5 fully saturated rings. The third-order valence-electron chi connectivity index (χ3n) is 8.35. The molecule has 5 aliphatic rings. The first-order chi connectivity index (χ1) is 15.2. The van der Waals surface area contributed by atoms with E-state index in [1.54, 1.807) is 0 Å². The van der Waals surface area contributed by atoms with Crippen LogP contribution in [0.2, 0.25) is 5.02 Å². The topological polar surface area (TPSA) is 69.7 Å². The third-order valence-corrected chi connectivity index (χ3v) is 10.9. The zero-order valence-corrected chi connectivity index (χ0v) is 19.9. The summed E-state index contributed by atoms with van der Waals surface area (Å²) in [6.45, 7) is 0.495. The highest BCUT2D eigenvalue weighted by Crippen LogP contribution is 2.60. The number of ether oxygens (including phenoxy) is 2. The van der Waals surface area contributed by atoms with Gasteiger partial charge in [0.1, 0.15) is 16.5 Å².